The molecule has 0 saturated carbocycles. The molecule has 1 aliphatic rings. The first-order valence-electron chi connectivity index (χ1n) is 5.56. The highest BCUT2D eigenvalue weighted by Gasteiger charge is 2.20. The molecule has 0 aromatic carbocycles. The maximum atomic E-state index is 11.7. The molecule has 1 rings (SSSR count). The fourth-order valence-electron chi connectivity index (χ4n) is 1.95. The van der Waals surface area contributed by atoms with Crippen molar-refractivity contribution in [3.8, 4) is 0 Å². The predicted octanol–water partition coefficient (Wildman–Crippen LogP) is 2.34. The molecule has 5 heteroatoms. The summed E-state index contributed by atoms with van der Waals surface area (Å²) in [4.78, 5) is 16.2. The summed E-state index contributed by atoms with van der Waals surface area (Å²) in [7, 11) is 0. The number of azide groups is 1. The average Bonchev–Trinajstić information content (AvgIpc) is 2.42. The number of carbonyl (C=O) groups is 1. The highest BCUT2D eigenvalue weighted by molar-refractivity contribution is 5.76. The van der Waals surface area contributed by atoms with E-state index in [9.17, 15) is 4.79 Å². The smallest absolute Gasteiger partial charge is 0.222 e. The maximum Gasteiger partial charge on any atom is 0.222 e. The molecular formula is C10H18N4O. The van der Waals surface area contributed by atoms with Crippen molar-refractivity contribution in [2.75, 3.05) is 19.6 Å². The molecule has 15 heavy (non-hydrogen) atoms. The third-order valence-corrected chi connectivity index (χ3v) is 3.04. The van der Waals surface area contributed by atoms with Crippen LogP contribution in [0.1, 0.15) is 32.6 Å². The zero-order chi connectivity index (χ0) is 11.1. The van der Waals surface area contributed by atoms with Crippen LogP contribution >= 0.6 is 0 Å². The molecule has 5 nitrogen and oxygen atoms in total. The minimum absolute atomic E-state index is 0.207. The molecule has 0 spiro atoms. The fourth-order valence-corrected chi connectivity index (χ4v) is 1.95. The van der Waals surface area contributed by atoms with Crippen molar-refractivity contribution in [1.29, 1.82) is 0 Å². The van der Waals surface area contributed by atoms with Crippen LogP contribution in [0.2, 0.25) is 0 Å². The minimum Gasteiger partial charge on any atom is -0.343 e. The van der Waals surface area contributed by atoms with Gasteiger partial charge in [0.2, 0.25) is 5.91 Å². The highest BCUT2D eigenvalue weighted by atomic mass is 16.2. The van der Waals surface area contributed by atoms with E-state index in [0.717, 1.165) is 25.8 Å². The van der Waals surface area contributed by atoms with Crippen LogP contribution in [0.3, 0.4) is 0 Å². The van der Waals surface area contributed by atoms with Gasteiger partial charge in [-0.3, -0.25) is 4.79 Å². The van der Waals surface area contributed by atoms with Crippen molar-refractivity contribution in [3.05, 3.63) is 10.4 Å². The SMILES string of the molecule is CCC1CCC(=O)N(CCN=[N+]=[N-])CC1. The standard InChI is InChI=1S/C10H18N4O/c1-2-9-3-4-10(15)14(7-5-9)8-6-12-13-11/h9H,2-8H2,1H3. The van der Waals surface area contributed by atoms with E-state index in [-0.39, 0.29) is 5.91 Å². The fraction of sp³-hybridized carbons (Fsp3) is 0.900. The van der Waals surface area contributed by atoms with Crippen molar-refractivity contribution in [1.82, 2.24) is 4.90 Å². The first kappa shape index (κ1) is 11.9. The molecule has 84 valence electrons. The summed E-state index contributed by atoms with van der Waals surface area (Å²) in [5.74, 6) is 0.887. The summed E-state index contributed by atoms with van der Waals surface area (Å²) < 4.78 is 0. The summed E-state index contributed by atoms with van der Waals surface area (Å²) in [5.41, 5.74) is 8.15. The van der Waals surface area contributed by atoms with Crippen molar-refractivity contribution in [3.63, 3.8) is 0 Å². The minimum atomic E-state index is 0.207. The molecular weight excluding hydrogens is 192 g/mol. The van der Waals surface area contributed by atoms with Crippen LogP contribution in [0.5, 0.6) is 0 Å². The van der Waals surface area contributed by atoms with Gasteiger partial charge in [0.15, 0.2) is 0 Å². The van der Waals surface area contributed by atoms with E-state index in [1.54, 1.807) is 0 Å². The van der Waals surface area contributed by atoms with Gasteiger partial charge in [0.05, 0.1) is 0 Å². The molecule has 0 aromatic rings. The van der Waals surface area contributed by atoms with E-state index in [4.69, 9.17) is 5.53 Å². The number of nitrogens with zero attached hydrogens (tertiary/aromatic N) is 4. The Morgan fingerprint density at radius 2 is 2.40 bits per heavy atom. The molecule has 1 amide bonds. The third kappa shape index (κ3) is 3.80. The molecule has 1 unspecified atom stereocenters. The summed E-state index contributed by atoms with van der Waals surface area (Å²) in [6, 6.07) is 0. The zero-order valence-electron chi connectivity index (χ0n) is 9.22. The summed E-state index contributed by atoms with van der Waals surface area (Å²) in [6.45, 7) is 3.95. The number of likely N-dealkylation sites (tertiary alicyclic amines) is 1. The van der Waals surface area contributed by atoms with E-state index < -0.39 is 0 Å². The van der Waals surface area contributed by atoms with Crippen LogP contribution in [-0.2, 0) is 4.79 Å². The summed E-state index contributed by atoms with van der Waals surface area (Å²) in [6.07, 6.45) is 3.89. The van der Waals surface area contributed by atoms with Gasteiger partial charge in [-0.25, -0.2) is 0 Å². The second kappa shape index (κ2) is 6.30. The molecule has 1 atom stereocenters. The third-order valence-electron chi connectivity index (χ3n) is 3.04. The van der Waals surface area contributed by atoms with Gasteiger partial charge in [0, 0.05) is 31.0 Å². The largest absolute Gasteiger partial charge is 0.343 e. The first-order valence-corrected chi connectivity index (χ1v) is 5.56. The zero-order valence-corrected chi connectivity index (χ0v) is 9.22. The number of rotatable bonds is 4. The van der Waals surface area contributed by atoms with Crippen LogP contribution in [0.15, 0.2) is 5.11 Å². The van der Waals surface area contributed by atoms with E-state index in [1.165, 1.54) is 0 Å². The molecule has 1 heterocycles. The molecule has 0 radical (unpaired) electrons. The normalized spacial score (nSPS) is 22.1. The average molecular weight is 210 g/mol. The van der Waals surface area contributed by atoms with Crippen molar-refractivity contribution < 1.29 is 4.79 Å². The maximum absolute atomic E-state index is 11.7. The lowest BCUT2D eigenvalue weighted by atomic mass is 9.98. The molecule has 0 bridgehead atoms. The Bertz CT molecular complexity index is 260. The quantitative estimate of drug-likeness (QED) is 0.399. The van der Waals surface area contributed by atoms with Gasteiger partial charge in [-0.05, 0) is 24.3 Å². The van der Waals surface area contributed by atoms with Crippen molar-refractivity contribution in [2.45, 2.75) is 32.6 Å². The number of hydrogen-bond donors (Lipinski definition) is 0. The molecule has 1 aliphatic heterocycles. The Kier molecular flexibility index (Phi) is 4.98. The predicted molar refractivity (Wildman–Crippen MR) is 58.2 cm³/mol. The second-order valence-corrected chi connectivity index (χ2v) is 3.94. The second-order valence-electron chi connectivity index (χ2n) is 3.94. The van der Waals surface area contributed by atoms with Gasteiger partial charge in [-0.1, -0.05) is 18.5 Å². The highest BCUT2D eigenvalue weighted by Crippen LogP contribution is 2.20. The van der Waals surface area contributed by atoms with Crippen LogP contribution in [0, 0.1) is 5.92 Å². The summed E-state index contributed by atoms with van der Waals surface area (Å²) >= 11 is 0. The van der Waals surface area contributed by atoms with E-state index in [0.29, 0.717) is 25.4 Å². The van der Waals surface area contributed by atoms with Gasteiger partial charge in [-0.2, -0.15) is 0 Å². The Labute approximate surface area is 90.1 Å². The monoisotopic (exact) mass is 210 g/mol. The van der Waals surface area contributed by atoms with Crippen LogP contribution in [0.25, 0.3) is 10.4 Å². The van der Waals surface area contributed by atoms with Gasteiger partial charge in [0.25, 0.3) is 0 Å². The number of carbonyl (C=O) groups excluding carboxylic acids is 1. The Hall–Kier alpha value is -1.22. The molecule has 0 aliphatic carbocycles. The lowest BCUT2D eigenvalue weighted by Crippen LogP contribution is -2.32. The lowest BCUT2D eigenvalue weighted by molar-refractivity contribution is -0.130. The van der Waals surface area contributed by atoms with Crippen molar-refractivity contribution in [2.24, 2.45) is 11.0 Å². The first-order chi connectivity index (χ1) is 7.27. The van der Waals surface area contributed by atoms with Gasteiger partial charge >= 0.3 is 0 Å². The van der Waals surface area contributed by atoms with Gasteiger partial charge < -0.3 is 4.90 Å². The molecule has 1 fully saturated rings. The molecule has 0 aromatic heterocycles. The molecule has 1 saturated heterocycles. The van der Waals surface area contributed by atoms with Gasteiger partial charge in [0.1, 0.15) is 0 Å². The topological polar surface area (TPSA) is 69.1 Å². The van der Waals surface area contributed by atoms with Crippen LogP contribution in [-0.4, -0.2) is 30.4 Å². The lowest BCUT2D eigenvalue weighted by Gasteiger charge is -2.19. The summed E-state index contributed by atoms with van der Waals surface area (Å²) in [5, 5.41) is 3.46. The van der Waals surface area contributed by atoms with Gasteiger partial charge in [-0.15, -0.1) is 0 Å². The van der Waals surface area contributed by atoms with Crippen LogP contribution < -0.4 is 0 Å². The Morgan fingerprint density at radius 1 is 1.60 bits per heavy atom. The number of hydrogen-bond acceptors (Lipinski definition) is 2. The van der Waals surface area contributed by atoms with E-state index >= 15 is 0 Å². The van der Waals surface area contributed by atoms with E-state index in [1.807, 2.05) is 4.90 Å². The Balaban J connectivity index is 2.42. The van der Waals surface area contributed by atoms with Crippen LogP contribution in [0.4, 0.5) is 0 Å². The van der Waals surface area contributed by atoms with Crippen molar-refractivity contribution >= 4 is 5.91 Å². The number of amides is 1. The Morgan fingerprint density at radius 3 is 3.07 bits per heavy atom. The van der Waals surface area contributed by atoms with E-state index in [2.05, 4.69) is 16.9 Å². The molecule has 0 N–H and O–H groups in total.